The number of carbonyl (C=O) groups is 1. The first-order valence-electron chi connectivity index (χ1n) is 10.5. The zero-order valence-electron chi connectivity index (χ0n) is 17.5. The van der Waals surface area contributed by atoms with Crippen LogP contribution in [0.15, 0.2) is 72.8 Å². The number of benzene rings is 3. The Morgan fingerprint density at radius 3 is 2.55 bits per heavy atom. The first-order chi connectivity index (χ1) is 15.1. The number of nitrogens with zero attached hydrogens (tertiary/aromatic N) is 1. The fraction of sp³-hybridized carbons (Fsp3) is 0.192. The largest absolute Gasteiger partial charge is 0.497 e. The highest BCUT2D eigenvalue weighted by Gasteiger charge is 2.55. The van der Waals surface area contributed by atoms with Gasteiger partial charge in [0.2, 0.25) is 0 Å². The number of fused-ring (bicyclic) bond motifs is 6. The summed E-state index contributed by atoms with van der Waals surface area (Å²) in [7, 11) is 3.54. The van der Waals surface area contributed by atoms with E-state index in [0.717, 1.165) is 28.2 Å². The summed E-state index contributed by atoms with van der Waals surface area (Å²) < 4.78 is 5.35. The lowest BCUT2D eigenvalue weighted by atomic mass is 9.76. The SMILES string of the molecule is COc1ccc(C2CNC3(C(=O)N(C)c4ccccc43)c3[nH]c4ccccc4c32)cc1. The maximum atomic E-state index is 13.7. The quantitative estimate of drug-likeness (QED) is 0.523. The van der Waals surface area contributed by atoms with Gasteiger partial charge in [-0.1, -0.05) is 48.5 Å². The highest BCUT2D eigenvalue weighted by Crippen LogP contribution is 2.50. The molecule has 1 amide bonds. The van der Waals surface area contributed by atoms with Gasteiger partial charge in [-0.05, 0) is 35.4 Å². The molecule has 2 aliphatic heterocycles. The number of nitrogens with one attached hydrogen (secondary N) is 2. The van der Waals surface area contributed by atoms with Crippen LogP contribution >= 0.6 is 0 Å². The summed E-state index contributed by atoms with van der Waals surface area (Å²) >= 11 is 0. The van der Waals surface area contributed by atoms with Gasteiger partial charge < -0.3 is 14.6 Å². The van der Waals surface area contributed by atoms with Crippen molar-refractivity contribution in [3.63, 3.8) is 0 Å². The van der Waals surface area contributed by atoms with Crippen molar-refractivity contribution in [1.29, 1.82) is 0 Å². The topological polar surface area (TPSA) is 57.4 Å². The number of likely N-dealkylation sites (N-methyl/N-ethyl adjacent to an activating group) is 1. The fourth-order valence-corrected chi connectivity index (χ4v) is 5.36. The Morgan fingerprint density at radius 2 is 1.74 bits per heavy atom. The normalized spacial score (nSPS) is 22.1. The number of methoxy groups -OCH3 is 1. The lowest BCUT2D eigenvalue weighted by molar-refractivity contribution is -0.122. The number of H-pyrrole nitrogens is 1. The summed E-state index contributed by atoms with van der Waals surface area (Å²) in [5, 5.41) is 4.84. The van der Waals surface area contributed by atoms with Gasteiger partial charge in [-0.15, -0.1) is 0 Å². The molecule has 2 N–H and O–H groups in total. The van der Waals surface area contributed by atoms with E-state index >= 15 is 0 Å². The predicted octanol–water partition coefficient (Wildman–Crippen LogP) is 4.13. The number of aromatic amines is 1. The van der Waals surface area contributed by atoms with Gasteiger partial charge >= 0.3 is 0 Å². The van der Waals surface area contributed by atoms with E-state index in [1.165, 1.54) is 16.5 Å². The summed E-state index contributed by atoms with van der Waals surface area (Å²) in [5.74, 6) is 1.01. The fourth-order valence-electron chi connectivity index (χ4n) is 5.36. The molecular formula is C26H23N3O2. The summed E-state index contributed by atoms with van der Waals surface area (Å²) in [6, 6.07) is 24.6. The first kappa shape index (κ1) is 18.2. The Morgan fingerprint density at radius 1 is 1.00 bits per heavy atom. The van der Waals surface area contributed by atoms with Crippen LogP contribution in [-0.2, 0) is 10.3 Å². The zero-order valence-corrected chi connectivity index (χ0v) is 17.5. The number of ether oxygens (including phenoxy) is 1. The van der Waals surface area contributed by atoms with E-state index in [1.807, 2.05) is 43.4 Å². The molecule has 31 heavy (non-hydrogen) atoms. The number of amides is 1. The highest BCUT2D eigenvalue weighted by molar-refractivity contribution is 6.11. The van der Waals surface area contributed by atoms with E-state index in [9.17, 15) is 4.79 Å². The molecule has 3 aromatic carbocycles. The van der Waals surface area contributed by atoms with Gasteiger partial charge in [0.25, 0.3) is 5.91 Å². The molecule has 6 rings (SSSR count). The number of anilines is 1. The van der Waals surface area contributed by atoms with Crippen molar-refractivity contribution < 1.29 is 9.53 Å². The third-order valence-electron chi connectivity index (χ3n) is 6.85. The number of hydrogen-bond acceptors (Lipinski definition) is 3. The Balaban J connectivity index is 1.63. The summed E-state index contributed by atoms with van der Waals surface area (Å²) in [6.45, 7) is 0.662. The molecule has 3 heterocycles. The molecule has 0 bridgehead atoms. The second-order valence-corrected chi connectivity index (χ2v) is 8.30. The summed E-state index contributed by atoms with van der Waals surface area (Å²) in [6.07, 6.45) is 0. The highest BCUT2D eigenvalue weighted by atomic mass is 16.5. The van der Waals surface area contributed by atoms with Crippen molar-refractivity contribution in [1.82, 2.24) is 10.3 Å². The molecule has 1 aromatic heterocycles. The molecule has 0 saturated carbocycles. The van der Waals surface area contributed by atoms with E-state index in [-0.39, 0.29) is 11.8 Å². The summed E-state index contributed by atoms with van der Waals surface area (Å²) in [5.41, 5.74) is 5.44. The van der Waals surface area contributed by atoms with Crippen molar-refractivity contribution in [3.8, 4) is 5.75 Å². The van der Waals surface area contributed by atoms with Crippen molar-refractivity contribution in [2.75, 3.05) is 25.6 Å². The van der Waals surface area contributed by atoms with E-state index < -0.39 is 5.54 Å². The van der Waals surface area contributed by atoms with Crippen molar-refractivity contribution in [2.45, 2.75) is 11.5 Å². The Hall–Kier alpha value is -3.57. The number of rotatable bonds is 2. The minimum absolute atomic E-state index is 0.0506. The maximum Gasteiger partial charge on any atom is 0.257 e. The molecule has 0 aliphatic carbocycles. The van der Waals surface area contributed by atoms with Crippen LogP contribution in [-0.4, -0.2) is 31.6 Å². The third-order valence-corrected chi connectivity index (χ3v) is 6.85. The third kappa shape index (κ3) is 2.32. The van der Waals surface area contributed by atoms with Crippen LogP contribution in [0.25, 0.3) is 10.9 Å². The molecule has 0 saturated heterocycles. The number of para-hydroxylation sites is 2. The van der Waals surface area contributed by atoms with Crippen LogP contribution in [0.3, 0.4) is 0 Å². The van der Waals surface area contributed by atoms with E-state index in [4.69, 9.17) is 4.74 Å². The summed E-state index contributed by atoms with van der Waals surface area (Å²) in [4.78, 5) is 19.1. The molecule has 1 spiro atoms. The van der Waals surface area contributed by atoms with Crippen molar-refractivity contribution in [2.24, 2.45) is 0 Å². The van der Waals surface area contributed by atoms with Crippen LogP contribution in [0.5, 0.6) is 5.75 Å². The van der Waals surface area contributed by atoms with Crippen molar-refractivity contribution >= 4 is 22.5 Å². The minimum Gasteiger partial charge on any atom is -0.497 e. The Bertz CT molecular complexity index is 1320. The zero-order chi connectivity index (χ0) is 21.2. The number of aromatic nitrogens is 1. The lowest BCUT2D eigenvalue weighted by Gasteiger charge is -2.38. The van der Waals surface area contributed by atoms with Crippen LogP contribution in [0.4, 0.5) is 5.69 Å². The smallest absolute Gasteiger partial charge is 0.257 e. The van der Waals surface area contributed by atoms with Gasteiger partial charge in [0.1, 0.15) is 5.75 Å². The standard InChI is InChI=1S/C26H23N3O2/c1-29-22-10-6-4-8-20(22)26(25(29)30)24-23(18-7-3-5-9-21(18)28-24)19(15-27-26)16-11-13-17(31-2)14-12-16/h3-14,19,27-28H,15H2,1-2H3. The van der Waals surface area contributed by atoms with Crippen LogP contribution in [0.2, 0.25) is 0 Å². The van der Waals surface area contributed by atoms with E-state index in [1.54, 1.807) is 12.0 Å². The molecule has 2 aliphatic rings. The molecular weight excluding hydrogens is 386 g/mol. The first-order valence-corrected chi connectivity index (χ1v) is 10.5. The van der Waals surface area contributed by atoms with Crippen LogP contribution in [0, 0.1) is 0 Å². The second-order valence-electron chi connectivity index (χ2n) is 8.30. The molecule has 5 heteroatoms. The van der Waals surface area contributed by atoms with Crippen molar-refractivity contribution in [3.05, 3.63) is 95.2 Å². The minimum atomic E-state index is -0.900. The monoisotopic (exact) mass is 409 g/mol. The number of carbonyl (C=O) groups excluding carboxylic acids is 1. The van der Waals surface area contributed by atoms with Gasteiger partial charge in [0.15, 0.2) is 5.54 Å². The van der Waals surface area contributed by atoms with Crippen LogP contribution in [0.1, 0.15) is 28.3 Å². The molecule has 2 unspecified atom stereocenters. The Kier molecular flexibility index (Phi) is 3.80. The van der Waals surface area contributed by atoms with E-state index in [0.29, 0.717) is 6.54 Å². The Labute approximate surface area is 180 Å². The molecule has 0 fully saturated rings. The molecule has 0 radical (unpaired) electrons. The predicted molar refractivity (Wildman–Crippen MR) is 122 cm³/mol. The van der Waals surface area contributed by atoms with Gasteiger partial charge in [0, 0.05) is 41.7 Å². The average molecular weight is 409 g/mol. The second kappa shape index (κ2) is 6.46. The lowest BCUT2D eigenvalue weighted by Crippen LogP contribution is -2.55. The molecule has 4 aromatic rings. The molecule has 154 valence electrons. The van der Waals surface area contributed by atoms with Gasteiger partial charge in [-0.2, -0.15) is 0 Å². The maximum absolute atomic E-state index is 13.7. The molecule has 5 nitrogen and oxygen atoms in total. The van der Waals surface area contributed by atoms with Gasteiger partial charge in [-0.25, -0.2) is 0 Å². The van der Waals surface area contributed by atoms with E-state index in [2.05, 4.69) is 46.7 Å². The van der Waals surface area contributed by atoms with Gasteiger partial charge in [0.05, 0.1) is 12.8 Å². The number of hydrogen-bond donors (Lipinski definition) is 2. The average Bonchev–Trinajstić information content (AvgIpc) is 3.31. The van der Waals surface area contributed by atoms with Gasteiger partial charge in [-0.3, -0.25) is 10.1 Å². The molecule has 2 atom stereocenters. The van der Waals surface area contributed by atoms with Crippen LogP contribution < -0.4 is 15.0 Å².